The van der Waals surface area contributed by atoms with Gasteiger partial charge in [0.15, 0.2) is 5.65 Å². The molecule has 0 bridgehead atoms. The number of hydrogen-bond acceptors (Lipinski definition) is 4. The number of nitrogens with zero attached hydrogens (tertiary/aromatic N) is 4. The van der Waals surface area contributed by atoms with Crippen molar-refractivity contribution in [1.82, 2.24) is 19.2 Å². The van der Waals surface area contributed by atoms with Crippen LogP contribution in [0, 0.1) is 0 Å². The molecule has 0 atom stereocenters. The monoisotopic (exact) mass is 334 g/mol. The highest BCUT2D eigenvalue weighted by atomic mass is 16.5. The molecule has 0 saturated carbocycles. The van der Waals surface area contributed by atoms with Gasteiger partial charge < -0.3 is 9.30 Å². The lowest BCUT2D eigenvalue weighted by atomic mass is 10.1. The van der Waals surface area contributed by atoms with Gasteiger partial charge in [-0.15, -0.1) is 0 Å². The van der Waals surface area contributed by atoms with Crippen molar-refractivity contribution in [2.45, 2.75) is 20.1 Å². The molecule has 4 aromatic rings. The molecule has 0 aliphatic carbocycles. The van der Waals surface area contributed by atoms with E-state index < -0.39 is 0 Å². The minimum Gasteiger partial charge on any atom is -0.378 e. The van der Waals surface area contributed by atoms with Gasteiger partial charge in [0.05, 0.1) is 28.8 Å². The topological polar surface area (TPSA) is 61.4 Å². The fourth-order valence-electron chi connectivity index (χ4n) is 3.14. The number of hydrogen-bond donors (Lipinski definition) is 0. The van der Waals surface area contributed by atoms with Gasteiger partial charge in [-0.05, 0) is 18.6 Å². The molecule has 0 unspecified atom stereocenters. The molecule has 0 aliphatic heterocycles. The zero-order valence-corrected chi connectivity index (χ0v) is 14.1. The summed E-state index contributed by atoms with van der Waals surface area (Å²) in [6, 6.07) is 11.9. The summed E-state index contributed by atoms with van der Waals surface area (Å²) in [5.41, 5.74) is 4.17. The summed E-state index contributed by atoms with van der Waals surface area (Å²) >= 11 is 0. The highest BCUT2D eigenvalue weighted by Crippen LogP contribution is 2.29. The molecule has 0 amide bonds. The lowest BCUT2D eigenvalue weighted by Gasteiger charge is -2.05. The molecule has 3 aromatic heterocycles. The first-order chi connectivity index (χ1) is 12.2. The molecule has 1 aromatic carbocycles. The van der Waals surface area contributed by atoms with E-state index in [2.05, 4.69) is 10.1 Å². The third-order valence-electron chi connectivity index (χ3n) is 4.34. The summed E-state index contributed by atoms with van der Waals surface area (Å²) in [6.07, 6.45) is 3.44. The van der Waals surface area contributed by atoms with Crippen molar-refractivity contribution in [2.24, 2.45) is 0 Å². The van der Waals surface area contributed by atoms with Gasteiger partial charge in [0, 0.05) is 26.0 Å². The maximum absolute atomic E-state index is 12.5. The largest absolute Gasteiger partial charge is 0.378 e. The first kappa shape index (κ1) is 15.5. The van der Waals surface area contributed by atoms with Gasteiger partial charge in [0.1, 0.15) is 0 Å². The van der Waals surface area contributed by atoms with E-state index in [1.54, 1.807) is 28.6 Å². The van der Waals surface area contributed by atoms with Gasteiger partial charge >= 0.3 is 0 Å². The lowest BCUT2D eigenvalue weighted by molar-refractivity contribution is 0.181. The Morgan fingerprint density at radius 3 is 2.68 bits per heavy atom. The molecule has 0 radical (unpaired) electrons. The molecule has 0 N–H and O–H groups in total. The lowest BCUT2D eigenvalue weighted by Crippen LogP contribution is -2.19. The van der Waals surface area contributed by atoms with Crippen LogP contribution in [-0.2, 0) is 17.9 Å². The summed E-state index contributed by atoms with van der Waals surface area (Å²) in [7, 11) is 1.64. The molecule has 0 spiro atoms. The fraction of sp³-hybridized carbons (Fsp3) is 0.211. The van der Waals surface area contributed by atoms with Crippen LogP contribution in [-0.4, -0.2) is 26.3 Å². The van der Waals surface area contributed by atoms with Crippen LogP contribution in [0.1, 0.15) is 12.6 Å². The minimum absolute atomic E-state index is 0.0561. The Bertz CT molecular complexity index is 1110. The van der Waals surface area contributed by atoms with Gasteiger partial charge in [-0.3, -0.25) is 4.79 Å². The Hall–Kier alpha value is -2.99. The van der Waals surface area contributed by atoms with Crippen molar-refractivity contribution >= 4 is 16.6 Å². The Kier molecular flexibility index (Phi) is 3.82. The van der Waals surface area contributed by atoms with Crippen LogP contribution < -0.4 is 5.56 Å². The molecule has 25 heavy (non-hydrogen) atoms. The third-order valence-corrected chi connectivity index (χ3v) is 4.34. The van der Waals surface area contributed by atoms with Crippen molar-refractivity contribution in [2.75, 3.05) is 7.11 Å². The smallest absolute Gasteiger partial charge is 0.261 e. The van der Waals surface area contributed by atoms with Gasteiger partial charge in [-0.25, -0.2) is 9.50 Å². The third kappa shape index (κ3) is 2.42. The first-order valence-electron chi connectivity index (χ1n) is 8.18. The minimum atomic E-state index is -0.0561. The van der Waals surface area contributed by atoms with E-state index in [1.165, 1.54) is 0 Å². The van der Waals surface area contributed by atoms with Crippen LogP contribution in [0.3, 0.4) is 0 Å². The number of rotatable bonds is 4. The van der Waals surface area contributed by atoms with Crippen molar-refractivity contribution in [3.05, 3.63) is 64.8 Å². The van der Waals surface area contributed by atoms with E-state index in [0.29, 0.717) is 18.5 Å². The molecule has 0 saturated heterocycles. The quantitative estimate of drug-likeness (QED) is 0.576. The molecule has 0 aliphatic rings. The average Bonchev–Trinajstić information content (AvgIpc) is 3.01. The van der Waals surface area contributed by atoms with E-state index in [9.17, 15) is 4.79 Å². The van der Waals surface area contributed by atoms with Crippen LogP contribution in [0.5, 0.6) is 0 Å². The van der Waals surface area contributed by atoms with Crippen molar-refractivity contribution in [1.29, 1.82) is 0 Å². The zero-order valence-electron chi connectivity index (χ0n) is 14.1. The van der Waals surface area contributed by atoms with Crippen LogP contribution in [0.15, 0.2) is 53.6 Å². The molecule has 6 nitrogen and oxygen atoms in total. The predicted octanol–water partition coefficient (Wildman–Crippen LogP) is 2.88. The molecule has 3 heterocycles. The van der Waals surface area contributed by atoms with Crippen molar-refractivity contribution < 1.29 is 4.74 Å². The fourth-order valence-corrected chi connectivity index (χ4v) is 3.14. The SMILES string of the molecule is CCn1ccc2c(cnc3c(-c4ccccc4)c(COC)nn32)c1=O. The van der Waals surface area contributed by atoms with E-state index in [1.807, 2.05) is 43.3 Å². The normalized spacial score (nSPS) is 11.4. The second-order valence-electron chi connectivity index (χ2n) is 5.82. The maximum atomic E-state index is 12.5. The van der Waals surface area contributed by atoms with Crippen LogP contribution in [0.25, 0.3) is 27.7 Å². The molecule has 126 valence electrons. The van der Waals surface area contributed by atoms with Crippen LogP contribution in [0.2, 0.25) is 0 Å². The standard InChI is InChI=1S/C19H18N4O2/c1-3-22-10-9-16-14(19(22)24)11-20-18-17(13-7-5-4-6-8-13)15(12-25-2)21-23(16)18/h4-11H,3,12H2,1-2H3. The molecule has 6 heteroatoms. The Labute approximate surface area is 144 Å². The summed E-state index contributed by atoms with van der Waals surface area (Å²) in [5.74, 6) is 0. The number of fused-ring (bicyclic) bond motifs is 3. The zero-order chi connectivity index (χ0) is 17.4. The summed E-state index contributed by atoms with van der Waals surface area (Å²) in [4.78, 5) is 17.1. The summed E-state index contributed by atoms with van der Waals surface area (Å²) in [5, 5.41) is 5.24. The Balaban J connectivity index is 2.09. The Morgan fingerprint density at radius 2 is 1.96 bits per heavy atom. The van der Waals surface area contributed by atoms with E-state index >= 15 is 0 Å². The highest BCUT2D eigenvalue weighted by molar-refractivity contribution is 5.86. The number of pyridine rings is 1. The van der Waals surface area contributed by atoms with Crippen molar-refractivity contribution in [3.63, 3.8) is 0 Å². The molecular formula is C19H18N4O2. The number of methoxy groups -OCH3 is 1. The van der Waals surface area contributed by atoms with Crippen LogP contribution >= 0.6 is 0 Å². The molecule has 0 fully saturated rings. The van der Waals surface area contributed by atoms with Gasteiger partial charge in [0.2, 0.25) is 0 Å². The first-order valence-corrected chi connectivity index (χ1v) is 8.18. The predicted molar refractivity (Wildman–Crippen MR) is 96.6 cm³/mol. The van der Waals surface area contributed by atoms with Gasteiger partial charge in [0.25, 0.3) is 5.56 Å². The highest BCUT2D eigenvalue weighted by Gasteiger charge is 2.18. The number of aryl methyl sites for hydroxylation is 1. The maximum Gasteiger partial charge on any atom is 0.261 e. The molecule has 4 rings (SSSR count). The second-order valence-corrected chi connectivity index (χ2v) is 5.82. The van der Waals surface area contributed by atoms with Crippen LogP contribution in [0.4, 0.5) is 0 Å². The Morgan fingerprint density at radius 1 is 1.16 bits per heavy atom. The summed E-state index contributed by atoms with van der Waals surface area (Å²) in [6.45, 7) is 2.94. The number of ether oxygens (including phenoxy) is 1. The second kappa shape index (κ2) is 6.14. The van der Waals surface area contributed by atoms with E-state index in [0.717, 1.165) is 28.0 Å². The average molecular weight is 334 g/mol. The van der Waals surface area contributed by atoms with Gasteiger partial charge in [-0.1, -0.05) is 30.3 Å². The van der Waals surface area contributed by atoms with E-state index in [4.69, 9.17) is 4.74 Å². The summed E-state index contributed by atoms with van der Waals surface area (Å²) < 4.78 is 8.73. The van der Waals surface area contributed by atoms with Crippen molar-refractivity contribution in [3.8, 4) is 11.1 Å². The van der Waals surface area contributed by atoms with E-state index in [-0.39, 0.29) is 5.56 Å². The van der Waals surface area contributed by atoms with Gasteiger partial charge in [-0.2, -0.15) is 5.10 Å². The number of benzene rings is 1. The number of aromatic nitrogens is 4. The molecular weight excluding hydrogens is 316 g/mol.